The fourth-order valence-electron chi connectivity index (χ4n) is 7.29. The molecule has 9 rings (SSSR count). The first-order valence-corrected chi connectivity index (χ1v) is 15.6. The van der Waals surface area contributed by atoms with Crippen LogP contribution in [-0.4, -0.2) is 23.3 Å². The molecular formula is C43H30N2. The van der Waals surface area contributed by atoms with E-state index >= 15 is 0 Å². The molecule has 1 unspecified atom stereocenters. The molecule has 1 atom stereocenters. The minimum Gasteiger partial charge on any atom is -0.346 e. The first-order chi connectivity index (χ1) is 22.3. The van der Waals surface area contributed by atoms with Gasteiger partial charge in [-0.2, -0.15) is 0 Å². The number of benzene rings is 7. The van der Waals surface area contributed by atoms with Gasteiger partial charge in [0.25, 0.3) is 0 Å². The van der Waals surface area contributed by atoms with Gasteiger partial charge in [0.2, 0.25) is 0 Å². The van der Waals surface area contributed by atoms with Crippen LogP contribution in [0.2, 0.25) is 0 Å². The highest BCUT2D eigenvalue weighted by molar-refractivity contribution is 6.23. The Hall–Kier alpha value is -5.73. The van der Waals surface area contributed by atoms with E-state index in [4.69, 9.17) is 4.99 Å². The Morgan fingerprint density at radius 1 is 0.489 bits per heavy atom. The first-order valence-electron chi connectivity index (χ1n) is 15.6. The normalized spacial score (nSPS) is 15.8. The summed E-state index contributed by atoms with van der Waals surface area (Å²) in [7, 11) is 0. The third kappa shape index (κ3) is 4.22. The number of nitrogens with zero attached hydrogens (tertiary/aromatic N) is 2. The van der Waals surface area contributed by atoms with E-state index in [0.29, 0.717) is 0 Å². The Labute approximate surface area is 262 Å². The van der Waals surface area contributed by atoms with Crippen molar-refractivity contribution in [2.24, 2.45) is 4.99 Å². The molecule has 0 bridgehead atoms. The van der Waals surface area contributed by atoms with Gasteiger partial charge in [-0.3, -0.25) is 4.99 Å². The maximum absolute atomic E-state index is 5.23. The van der Waals surface area contributed by atoms with Crippen LogP contribution in [0.5, 0.6) is 0 Å². The molecule has 0 radical (unpaired) electrons. The van der Waals surface area contributed by atoms with E-state index < -0.39 is 0 Å². The van der Waals surface area contributed by atoms with Gasteiger partial charge < -0.3 is 4.90 Å². The molecule has 2 heteroatoms. The van der Waals surface area contributed by atoms with Crippen molar-refractivity contribution >= 4 is 43.6 Å². The zero-order chi connectivity index (χ0) is 29.7. The molecule has 0 spiro atoms. The van der Waals surface area contributed by atoms with Gasteiger partial charge in [-0.05, 0) is 71.8 Å². The highest BCUT2D eigenvalue weighted by Gasteiger charge is 2.30. The summed E-state index contributed by atoms with van der Waals surface area (Å²) in [6.07, 6.45) is 6.52. The van der Waals surface area contributed by atoms with Crippen molar-refractivity contribution in [1.82, 2.24) is 4.90 Å². The number of hydrogen-bond donors (Lipinski definition) is 0. The lowest BCUT2D eigenvalue weighted by molar-refractivity contribution is 0.403. The molecule has 212 valence electrons. The van der Waals surface area contributed by atoms with Crippen LogP contribution in [0.3, 0.4) is 0 Å². The average molecular weight is 575 g/mol. The Kier molecular flexibility index (Phi) is 5.99. The minimum atomic E-state index is 0.0153. The molecule has 0 aromatic heterocycles. The van der Waals surface area contributed by atoms with Gasteiger partial charge in [-0.1, -0.05) is 152 Å². The van der Waals surface area contributed by atoms with Crippen molar-refractivity contribution in [3.05, 3.63) is 175 Å². The summed E-state index contributed by atoms with van der Waals surface area (Å²) in [5, 5.41) is 7.62. The molecule has 0 saturated carbocycles. The summed E-state index contributed by atoms with van der Waals surface area (Å²) in [5.41, 5.74) is 9.84. The fourth-order valence-corrected chi connectivity index (χ4v) is 7.29. The van der Waals surface area contributed by atoms with Gasteiger partial charge in [-0.15, -0.1) is 0 Å². The summed E-state index contributed by atoms with van der Waals surface area (Å²) >= 11 is 0. The monoisotopic (exact) mass is 574 g/mol. The molecule has 0 amide bonds. The predicted octanol–water partition coefficient (Wildman–Crippen LogP) is 10.5. The smallest absolute Gasteiger partial charge is 0.148 e. The van der Waals surface area contributed by atoms with Gasteiger partial charge in [0.05, 0.1) is 12.3 Å². The van der Waals surface area contributed by atoms with E-state index in [0.717, 1.165) is 12.3 Å². The van der Waals surface area contributed by atoms with Gasteiger partial charge >= 0.3 is 0 Å². The lowest BCUT2D eigenvalue weighted by atomic mass is 9.84. The van der Waals surface area contributed by atoms with Crippen molar-refractivity contribution in [2.45, 2.75) is 6.17 Å². The van der Waals surface area contributed by atoms with Gasteiger partial charge in [0, 0.05) is 11.8 Å². The third-order valence-electron chi connectivity index (χ3n) is 9.36. The maximum atomic E-state index is 5.23. The van der Waals surface area contributed by atoms with E-state index in [-0.39, 0.29) is 6.17 Å². The number of fused-ring (bicyclic) bond motifs is 4. The predicted molar refractivity (Wildman–Crippen MR) is 190 cm³/mol. The van der Waals surface area contributed by atoms with Gasteiger partial charge in [-0.25, -0.2) is 0 Å². The highest BCUT2D eigenvalue weighted by Crippen LogP contribution is 2.45. The lowest BCUT2D eigenvalue weighted by Crippen LogP contribution is -2.28. The van der Waals surface area contributed by atoms with Crippen molar-refractivity contribution in [3.63, 3.8) is 0 Å². The molecule has 7 aromatic rings. The van der Waals surface area contributed by atoms with Crippen LogP contribution in [0.15, 0.2) is 169 Å². The Morgan fingerprint density at radius 2 is 1.07 bits per heavy atom. The standard InChI is InChI=1S/C43H30N2/c1-2-12-30(13-3-1)34-22-11-27-45-28-40(44-43(34)45)31-23-25-32(26-24-31)41-36-17-6-8-19-38(36)42(39-20-9-7-18-37(39)41)35-21-10-15-29-14-4-5-16-33(29)35/h1-27,43H,28H2. The maximum Gasteiger partial charge on any atom is 0.148 e. The van der Waals surface area contributed by atoms with E-state index in [9.17, 15) is 0 Å². The van der Waals surface area contributed by atoms with Gasteiger partial charge in [0.1, 0.15) is 6.17 Å². The summed E-state index contributed by atoms with van der Waals surface area (Å²) in [6, 6.07) is 52.8. The van der Waals surface area contributed by atoms with Crippen molar-refractivity contribution in [2.75, 3.05) is 6.54 Å². The van der Waals surface area contributed by atoms with Crippen LogP contribution in [0, 0.1) is 0 Å². The van der Waals surface area contributed by atoms with Crippen LogP contribution in [-0.2, 0) is 0 Å². The molecule has 2 nitrogen and oxygen atoms in total. The average Bonchev–Trinajstić information content (AvgIpc) is 3.56. The van der Waals surface area contributed by atoms with E-state index in [1.54, 1.807) is 0 Å². The summed E-state index contributed by atoms with van der Waals surface area (Å²) in [6.45, 7) is 0.802. The number of allylic oxidation sites excluding steroid dienone is 2. The molecule has 2 aliphatic rings. The minimum absolute atomic E-state index is 0.0153. The summed E-state index contributed by atoms with van der Waals surface area (Å²) in [4.78, 5) is 7.57. The largest absolute Gasteiger partial charge is 0.346 e. The van der Waals surface area contributed by atoms with Crippen LogP contribution in [0.1, 0.15) is 11.1 Å². The van der Waals surface area contributed by atoms with Crippen LogP contribution in [0.25, 0.3) is 60.1 Å². The van der Waals surface area contributed by atoms with Crippen molar-refractivity contribution < 1.29 is 0 Å². The number of hydrogen-bond acceptors (Lipinski definition) is 2. The second-order valence-electron chi connectivity index (χ2n) is 11.9. The van der Waals surface area contributed by atoms with Crippen LogP contribution >= 0.6 is 0 Å². The summed E-state index contributed by atoms with van der Waals surface area (Å²) in [5.74, 6) is 0. The SMILES string of the molecule is C1=CN2CC(c3ccc(-c4c5ccccc5c(-c5cccc6ccccc56)c5ccccc45)cc3)=NC2C(c2ccccc2)=C1. The molecule has 45 heavy (non-hydrogen) atoms. The highest BCUT2D eigenvalue weighted by atomic mass is 15.3. The molecule has 0 fully saturated rings. The molecule has 0 aliphatic carbocycles. The van der Waals surface area contributed by atoms with Crippen LogP contribution in [0.4, 0.5) is 0 Å². The molecular weight excluding hydrogens is 544 g/mol. The Morgan fingerprint density at radius 3 is 1.78 bits per heavy atom. The summed E-state index contributed by atoms with van der Waals surface area (Å²) < 4.78 is 0. The molecule has 0 saturated heterocycles. The molecule has 7 aromatic carbocycles. The Bertz CT molecular complexity index is 2280. The van der Waals surface area contributed by atoms with Crippen molar-refractivity contribution in [1.29, 1.82) is 0 Å². The molecule has 2 heterocycles. The number of rotatable bonds is 4. The number of aliphatic imine (C=N–C) groups is 1. The van der Waals surface area contributed by atoms with Crippen LogP contribution < -0.4 is 0 Å². The molecule has 0 N–H and O–H groups in total. The zero-order valence-electron chi connectivity index (χ0n) is 24.8. The van der Waals surface area contributed by atoms with E-state index in [2.05, 4.69) is 169 Å². The second-order valence-corrected chi connectivity index (χ2v) is 11.9. The second kappa shape index (κ2) is 10.5. The zero-order valence-corrected chi connectivity index (χ0v) is 24.8. The molecule has 2 aliphatic heterocycles. The van der Waals surface area contributed by atoms with E-state index in [1.165, 1.54) is 71.3 Å². The fraction of sp³-hybridized carbons (Fsp3) is 0.0465. The topological polar surface area (TPSA) is 15.6 Å². The van der Waals surface area contributed by atoms with E-state index in [1.807, 2.05) is 0 Å². The van der Waals surface area contributed by atoms with Gasteiger partial charge in [0.15, 0.2) is 0 Å². The lowest BCUT2D eigenvalue weighted by Gasteiger charge is -2.26. The third-order valence-corrected chi connectivity index (χ3v) is 9.36. The quantitative estimate of drug-likeness (QED) is 0.191. The van der Waals surface area contributed by atoms with Crippen molar-refractivity contribution in [3.8, 4) is 22.3 Å². The Balaban J connectivity index is 1.17. The first kappa shape index (κ1) is 25.7.